The largest absolute Gasteiger partial charge is 0.467 e. The van der Waals surface area contributed by atoms with E-state index in [9.17, 15) is 4.79 Å². The summed E-state index contributed by atoms with van der Waals surface area (Å²) >= 11 is 1.59. The Morgan fingerprint density at radius 2 is 2.39 bits per heavy atom. The molecule has 0 aliphatic carbocycles. The van der Waals surface area contributed by atoms with E-state index in [2.05, 4.69) is 5.10 Å². The van der Waals surface area contributed by atoms with Gasteiger partial charge in [-0.15, -0.1) is 11.3 Å². The highest BCUT2D eigenvalue weighted by Gasteiger charge is 2.33. The molecule has 18 heavy (non-hydrogen) atoms. The molecule has 3 rings (SSSR count). The Morgan fingerprint density at radius 3 is 3.00 bits per heavy atom. The number of primary amides is 1. The Morgan fingerprint density at radius 1 is 1.50 bits per heavy atom. The molecule has 0 bridgehead atoms. The number of urea groups is 1. The zero-order valence-electron chi connectivity index (χ0n) is 9.45. The van der Waals surface area contributed by atoms with Crippen molar-refractivity contribution in [1.82, 2.24) is 5.01 Å². The Hall–Kier alpha value is -2.08. The minimum absolute atomic E-state index is 0.241. The highest BCUT2D eigenvalue weighted by Crippen LogP contribution is 2.33. The molecule has 3 heterocycles. The maximum Gasteiger partial charge on any atom is 0.335 e. The van der Waals surface area contributed by atoms with Crippen LogP contribution in [-0.4, -0.2) is 16.8 Å². The average Bonchev–Trinajstić information content (AvgIpc) is 3.10. The van der Waals surface area contributed by atoms with Crippen molar-refractivity contribution in [1.29, 1.82) is 0 Å². The molecule has 6 heteroatoms. The summed E-state index contributed by atoms with van der Waals surface area (Å²) in [6.45, 7) is 0. The van der Waals surface area contributed by atoms with Gasteiger partial charge in [-0.05, 0) is 23.6 Å². The zero-order chi connectivity index (χ0) is 12.5. The third-order valence-electron chi connectivity index (χ3n) is 2.81. The van der Waals surface area contributed by atoms with E-state index in [1.54, 1.807) is 23.7 Å². The van der Waals surface area contributed by atoms with Gasteiger partial charge in [0.1, 0.15) is 11.8 Å². The van der Waals surface area contributed by atoms with E-state index < -0.39 is 6.03 Å². The monoisotopic (exact) mass is 261 g/mol. The van der Waals surface area contributed by atoms with Gasteiger partial charge in [-0.25, -0.2) is 9.80 Å². The number of hydrogen-bond donors (Lipinski definition) is 1. The summed E-state index contributed by atoms with van der Waals surface area (Å²) in [6.07, 6.45) is 2.20. The van der Waals surface area contributed by atoms with Gasteiger partial charge in [0.25, 0.3) is 0 Å². The highest BCUT2D eigenvalue weighted by molar-refractivity contribution is 7.12. The molecule has 2 amide bonds. The fraction of sp³-hybridized carbons (Fsp3) is 0.167. The predicted molar refractivity (Wildman–Crippen MR) is 68.3 cm³/mol. The number of nitrogens with two attached hydrogens (primary N) is 1. The third kappa shape index (κ3) is 1.80. The molecule has 2 aromatic heterocycles. The lowest BCUT2D eigenvalue weighted by atomic mass is 10.1. The Kier molecular flexibility index (Phi) is 2.64. The van der Waals surface area contributed by atoms with Crippen LogP contribution in [0.15, 0.2) is 45.4 Å². The molecule has 0 fully saturated rings. The first-order valence-electron chi connectivity index (χ1n) is 5.49. The number of hydrogen-bond acceptors (Lipinski definition) is 4. The van der Waals surface area contributed by atoms with Crippen molar-refractivity contribution in [3.05, 3.63) is 46.5 Å². The van der Waals surface area contributed by atoms with Gasteiger partial charge in [-0.1, -0.05) is 6.07 Å². The predicted octanol–water partition coefficient (Wildman–Crippen LogP) is 2.57. The summed E-state index contributed by atoms with van der Waals surface area (Å²) in [6, 6.07) is 6.74. The highest BCUT2D eigenvalue weighted by atomic mass is 32.1. The lowest BCUT2D eigenvalue weighted by molar-refractivity contribution is 0.188. The van der Waals surface area contributed by atoms with Crippen molar-refractivity contribution in [2.75, 3.05) is 0 Å². The maximum atomic E-state index is 11.4. The molecule has 0 aromatic carbocycles. The van der Waals surface area contributed by atoms with Crippen LogP contribution in [0.3, 0.4) is 0 Å². The van der Waals surface area contributed by atoms with Gasteiger partial charge in [0.2, 0.25) is 0 Å². The van der Waals surface area contributed by atoms with E-state index in [4.69, 9.17) is 10.2 Å². The Balaban J connectivity index is 1.93. The number of carbonyl (C=O) groups is 1. The second-order valence-electron chi connectivity index (χ2n) is 3.94. The lowest BCUT2D eigenvalue weighted by Crippen LogP contribution is -2.31. The molecule has 1 aliphatic heterocycles. The van der Waals surface area contributed by atoms with Crippen LogP contribution in [0.25, 0.3) is 0 Å². The third-order valence-corrected chi connectivity index (χ3v) is 3.73. The normalized spacial score (nSPS) is 19.0. The number of amides is 2. The summed E-state index contributed by atoms with van der Waals surface area (Å²) in [5.41, 5.74) is 6.22. The topological polar surface area (TPSA) is 71.8 Å². The average molecular weight is 261 g/mol. The number of furan rings is 1. The second-order valence-corrected chi connectivity index (χ2v) is 4.89. The van der Waals surface area contributed by atoms with E-state index in [1.807, 2.05) is 23.6 Å². The molecule has 0 saturated carbocycles. The zero-order valence-corrected chi connectivity index (χ0v) is 10.3. The molecule has 0 spiro atoms. The molecule has 0 unspecified atom stereocenters. The summed E-state index contributed by atoms with van der Waals surface area (Å²) < 4.78 is 5.34. The molecule has 0 saturated heterocycles. The number of nitrogens with zero attached hydrogens (tertiary/aromatic N) is 2. The van der Waals surface area contributed by atoms with Crippen molar-refractivity contribution in [2.45, 2.75) is 12.5 Å². The van der Waals surface area contributed by atoms with Crippen LogP contribution >= 0.6 is 11.3 Å². The Labute approximate surface area is 108 Å². The molecule has 5 nitrogen and oxygen atoms in total. The van der Waals surface area contributed by atoms with Gasteiger partial charge < -0.3 is 10.2 Å². The summed E-state index contributed by atoms with van der Waals surface area (Å²) in [5.74, 6) is 0.698. The van der Waals surface area contributed by atoms with Crippen molar-refractivity contribution in [2.24, 2.45) is 10.8 Å². The molecular weight excluding hydrogens is 250 g/mol. The fourth-order valence-corrected chi connectivity index (χ4v) is 2.73. The fourth-order valence-electron chi connectivity index (χ4n) is 2.01. The van der Waals surface area contributed by atoms with Gasteiger partial charge in [-0.3, -0.25) is 0 Å². The van der Waals surface area contributed by atoms with Crippen molar-refractivity contribution < 1.29 is 9.21 Å². The number of thiophene rings is 1. The molecule has 92 valence electrons. The molecule has 2 N–H and O–H groups in total. The summed E-state index contributed by atoms with van der Waals surface area (Å²) in [4.78, 5) is 12.5. The van der Waals surface area contributed by atoms with Gasteiger partial charge >= 0.3 is 6.03 Å². The number of hydrazone groups is 1. The molecule has 1 atom stereocenters. The quantitative estimate of drug-likeness (QED) is 0.902. The lowest BCUT2D eigenvalue weighted by Gasteiger charge is -2.16. The van der Waals surface area contributed by atoms with E-state index in [-0.39, 0.29) is 6.04 Å². The minimum atomic E-state index is -0.567. The minimum Gasteiger partial charge on any atom is -0.467 e. The summed E-state index contributed by atoms with van der Waals surface area (Å²) in [7, 11) is 0. The van der Waals surface area contributed by atoms with Crippen LogP contribution in [-0.2, 0) is 0 Å². The first-order valence-corrected chi connectivity index (χ1v) is 6.37. The van der Waals surface area contributed by atoms with Crippen LogP contribution < -0.4 is 5.73 Å². The molecule has 1 aliphatic rings. The van der Waals surface area contributed by atoms with Crippen LogP contribution in [0.4, 0.5) is 4.79 Å². The molecular formula is C12H11N3O2S. The van der Waals surface area contributed by atoms with Gasteiger partial charge in [0.05, 0.1) is 16.9 Å². The van der Waals surface area contributed by atoms with Crippen molar-refractivity contribution in [3.63, 3.8) is 0 Å². The van der Waals surface area contributed by atoms with Crippen LogP contribution in [0.1, 0.15) is 23.1 Å². The van der Waals surface area contributed by atoms with Gasteiger partial charge in [0.15, 0.2) is 0 Å². The van der Waals surface area contributed by atoms with Crippen LogP contribution in [0.2, 0.25) is 0 Å². The van der Waals surface area contributed by atoms with Crippen LogP contribution in [0.5, 0.6) is 0 Å². The van der Waals surface area contributed by atoms with E-state index in [1.165, 1.54) is 5.01 Å². The Bertz CT molecular complexity index is 575. The van der Waals surface area contributed by atoms with E-state index >= 15 is 0 Å². The van der Waals surface area contributed by atoms with Gasteiger partial charge in [-0.2, -0.15) is 5.10 Å². The molecule has 0 radical (unpaired) electrons. The van der Waals surface area contributed by atoms with E-state index in [0.29, 0.717) is 12.2 Å². The van der Waals surface area contributed by atoms with Crippen LogP contribution in [0, 0.1) is 0 Å². The maximum absolute atomic E-state index is 11.4. The first-order chi connectivity index (χ1) is 8.75. The SMILES string of the molecule is NC(=O)N1N=C(c2cccs2)C[C@@H]1c1ccco1. The second kappa shape index (κ2) is 4.30. The van der Waals surface area contributed by atoms with Gasteiger partial charge in [0, 0.05) is 6.42 Å². The van der Waals surface area contributed by atoms with Crippen molar-refractivity contribution >= 4 is 23.1 Å². The first kappa shape index (κ1) is 11.0. The van der Waals surface area contributed by atoms with Crippen molar-refractivity contribution in [3.8, 4) is 0 Å². The van der Waals surface area contributed by atoms with E-state index in [0.717, 1.165) is 10.6 Å². The standard InChI is InChI=1S/C12H11N3O2S/c13-12(16)15-9(10-3-1-5-17-10)7-8(14-15)11-4-2-6-18-11/h1-6,9H,7H2,(H2,13,16)/t9-/m1/s1. The summed E-state index contributed by atoms with van der Waals surface area (Å²) in [5, 5.41) is 7.56. The molecule has 2 aromatic rings. The smallest absolute Gasteiger partial charge is 0.335 e. The number of rotatable bonds is 2. The number of carbonyl (C=O) groups excluding carboxylic acids is 1.